The van der Waals surface area contributed by atoms with E-state index in [0.717, 1.165) is 103 Å². The van der Waals surface area contributed by atoms with Crippen LogP contribution in [0, 0.1) is 38.0 Å². The number of anilines is 1. The number of nitrogens with one attached hydrogen (secondary N) is 1. The number of oxazole rings is 1. The molecule has 1 saturated carbocycles. The second kappa shape index (κ2) is 18.1. The van der Waals surface area contributed by atoms with E-state index in [4.69, 9.17) is 35.7 Å². The van der Waals surface area contributed by atoms with Gasteiger partial charge in [0.1, 0.15) is 40.7 Å². The van der Waals surface area contributed by atoms with E-state index in [1.165, 1.54) is 10.4 Å². The number of fused-ring (bicyclic) bond motifs is 3. The van der Waals surface area contributed by atoms with E-state index in [0.29, 0.717) is 46.9 Å². The third-order valence-electron chi connectivity index (χ3n) is 12.1. The maximum atomic E-state index is 13.1. The van der Waals surface area contributed by atoms with Crippen LogP contribution in [0.5, 0.6) is 11.5 Å². The van der Waals surface area contributed by atoms with E-state index in [1.54, 1.807) is 48.1 Å². The van der Waals surface area contributed by atoms with Crippen LogP contribution in [0.25, 0.3) is 5.00 Å². The van der Waals surface area contributed by atoms with Gasteiger partial charge in [-0.25, -0.2) is 4.98 Å². The molecule has 1 saturated heterocycles. The number of nitrogens with zero attached hydrogens (tertiary/aromatic N) is 9. The molecule has 1 aliphatic carbocycles. The van der Waals surface area contributed by atoms with Crippen LogP contribution in [0.2, 0.25) is 5.02 Å². The standard InChI is InChI=1S/C46H47ClN10O4S/c1-27-28(2)62-46-42(27)43(51-39(24-41-49-19-22-60-41)44-55-52-29(3)57(44)46)31-6-11-34(12-7-31)59-21-18-30-5-4-20-56(26-30)40-17-16-38(53-54-40)45(58)50-33-9-14-35(15-10-33)61-36-13-8-32(25-48)37(47)23-36/h6-8,11-13,16-17,19,22-23,30,33,35,39H,4-5,9-10,14-15,18,20-21,24,26H2,1-3H3,(H,50,58)/t30-,33-,35-,39+/m1/s1. The molecule has 14 nitrogen and oxygen atoms in total. The van der Waals surface area contributed by atoms with Crippen molar-refractivity contribution < 1.29 is 18.7 Å². The molecule has 0 bridgehead atoms. The van der Waals surface area contributed by atoms with Crippen LogP contribution in [0.15, 0.2) is 76.5 Å². The Bertz CT molecular complexity index is 2610. The molecular weight excluding hydrogens is 824 g/mol. The second-order valence-electron chi connectivity index (χ2n) is 16.2. The first kappa shape index (κ1) is 41.3. The van der Waals surface area contributed by atoms with Crippen LogP contribution in [0.4, 0.5) is 5.82 Å². The third kappa shape index (κ3) is 8.80. The molecule has 4 aromatic heterocycles. The largest absolute Gasteiger partial charge is 0.494 e. The van der Waals surface area contributed by atoms with Gasteiger partial charge in [0.15, 0.2) is 23.2 Å². The zero-order valence-electron chi connectivity index (χ0n) is 34.9. The minimum Gasteiger partial charge on any atom is -0.494 e. The molecule has 6 heterocycles. The molecule has 9 rings (SSSR count). The number of aryl methyl sites for hydroxylation is 2. The molecule has 6 aromatic rings. The molecule has 2 aromatic carbocycles. The van der Waals surface area contributed by atoms with Crippen LogP contribution in [0.3, 0.4) is 0 Å². The minimum atomic E-state index is -0.328. The van der Waals surface area contributed by atoms with Crippen LogP contribution >= 0.6 is 22.9 Å². The molecule has 62 heavy (non-hydrogen) atoms. The summed E-state index contributed by atoms with van der Waals surface area (Å²) < 4.78 is 20.2. The maximum absolute atomic E-state index is 13.1. The zero-order valence-corrected chi connectivity index (χ0v) is 36.5. The van der Waals surface area contributed by atoms with Crippen molar-refractivity contribution in [2.45, 2.75) is 90.3 Å². The van der Waals surface area contributed by atoms with Gasteiger partial charge in [-0.2, -0.15) is 5.26 Å². The molecule has 0 spiro atoms. The molecule has 0 radical (unpaired) electrons. The predicted octanol–water partition coefficient (Wildman–Crippen LogP) is 8.50. The normalized spacial score (nSPS) is 19.7. The highest BCUT2D eigenvalue weighted by Crippen LogP contribution is 2.40. The molecule has 0 unspecified atom stereocenters. The topological polar surface area (TPSA) is 169 Å². The number of amides is 1. The number of aliphatic imine (C=N–C) groups is 1. The van der Waals surface area contributed by atoms with Gasteiger partial charge in [0.2, 0.25) is 0 Å². The Labute approximate surface area is 369 Å². The molecule has 16 heteroatoms. The number of aromatic nitrogens is 6. The van der Waals surface area contributed by atoms with Gasteiger partial charge in [-0.1, -0.05) is 11.6 Å². The summed E-state index contributed by atoms with van der Waals surface area (Å²) in [5, 5.41) is 31.5. The molecule has 2 aliphatic heterocycles. The summed E-state index contributed by atoms with van der Waals surface area (Å²) in [5.41, 5.74) is 4.93. The lowest BCUT2D eigenvalue weighted by molar-refractivity contribution is 0.0888. The van der Waals surface area contributed by atoms with Crippen LogP contribution in [-0.4, -0.2) is 73.4 Å². The number of carbonyl (C=O) groups is 1. The fraction of sp³-hybridized carbons (Fsp3) is 0.391. The van der Waals surface area contributed by atoms with Crippen molar-refractivity contribution in [1.29, 1.82) is 5.26 Å². The summed E-state index contributed by atoms with van der Waals surface area (Å²) in [4.78, 5) is 26.3. The number of halogens is 1. The van der Waals surface area contributed by atoms with Crippen molar-refractivity contribution in [3.8, 4) is 22.6 Å². The van der Waals surface area contributed by atoms with Gasteiger partial charge >= 0.3 is 0 Å². The van der Waals surface area contributed by atoms with Gasteiger partial charge in [0.05, 0.1) is 41.6 Å². The first-order valence-corrected chi connectivity index (χ1v) is 22.4. The molecule has 2 atom stereocenters. The number of ether oxygens (including phenoxy) is 2. The number of nitriles is 1. The number of thiophene rings is 1. The molecule has 318 valence electrons. The first-order chi connectivity index (χ1) is 30.2. The highest BCUT2D eigenvalue weighted by molar-refractivity contribution is 7.15. The first-order valence-electron chi connectivity index (χ1n) is 21.2. The van der Waals surface area contributed by atoms with Gasteiger partial charge in [-0.05, 0) is 126 Å². The van der Waals surface area contributed by atoms with Crippen LogP contribution in [-0.2, 0) is 6.42 Å². The van der Waals surface area contributed by atoms with Crippen molar-refractivity contribution in [1.82, 2.24) is 35.3 Å². The van der Waals surface area contributed by atoms with E-state index < -0.39 is 0 Å². The van der Waals surface area contributed by atoms with E-state index in [2.05, 4.69) is 72.2 Å². The molecular formula is C46H47ClN10O4S. The van der Waals surface area contributed by atoms with E-state index >= 15 is 0 Å². The number of benzene rings is 2. The predicted molar refractivity (Wildman–Crippen MR) is 236 cm³/mol. The van der Waals surface area contributed by atoms with Gasteiger partial charge in [0.25, 0.3) is 5.91 Å². The lowest BCUT2D eigenvalue weighted by atomic mass is 9.92. The molecule has 1 N–H and O–H groups in total. The second-order valence-corrected chi connectivity index (χ2v) is 17.8. The average Bonchev–Trinajstić information content (AvgIpc) is 4.00. The Morgan fingerprint density at radius 3 is 2.56 bits per heavy atom. The van der Waals surface area contributed by atoms with E-state index in [-0.39, 0.29) is 24.1 Å². The lowest BCUT2D eigenvalue weighted by Gasteiger charge is -2.33. The molecule has 2 fully saturated rings. The fourth-order valence-electron chi connectivity index (χ4n) is 8.66. The molecule has 1 amide bonds. The maximum Gasteiger partial charge on any atom is 0.272 e. The Balaban J connectivity index is 0.772. The number of hydrogen-bond acceptors (Lipinski definition) is 13. The monoisotopic (exact) mass is 870 g/mol. The minimum absolute atomic E-state index is 0.0248. The summed E-state index contributed by atoms with van der Waals surface area (Å²) in [6, 6.07) is 18.8. The Morgan fingerprint density at radius 2 is 1.82 bits per heavy atom. The highest BCUT2D eigenvalue weighted by atomic mass is 35.5. The Hall–Kier alpha value is -6.11. The third-order valence-corrected chi connectivity index (χ3v) is 13.6. The lowest BCUT2D eigenvalue weighted by Crippen LogP contribution is -2.40. The molecule has 3 aliphatic rings. The van der Waals surface area contributed by atoms with Gasteiger partial charge in [-0.3, -0.25) is 14.4 Å². The van der Waals surface area contributed by atoms with E-state index in [9.17, 15) is 4.79 Å². The fourth-order valence-corrected chi connectivity index (χ4v) is 10.1. The summed E-state index contributed by atoms with van der Waals surface area (Å²) >= 11 is 7.90. The zero-order chi connectivity index (χ0) is 42.7. The van der Waals surface area contributed by atoms with Crippen molar-refractivity contribution in [3.05, 3.63) is 122 Å². The van der Waals surface area contributed by atoms with Crippen LogP contribution < -0.4 is 19.7 Å². The number of hydrogen-bond donors (Lipinski definition) is 1. The average molecular weight is 871 g/mol. The van der Waals surface area contributed by atoms with E-state index in [1.807, 2.05) is 25.1 Å². The summed E-state index contributed by atoms with van der Waals surface area (Å²) in [6.07, 6.45) is 9.98. The van der Waals surface area contributed by atoms with Gasteiger partial charge < -0.3 is 24.1 Å². The number of piperidine rings is 1. The van der Waals surface area contributed by atoms with Crippen LogP contribution in [0.1, 0.15) is 106 Å². The van der Waals surface area contributed by atoms with Crippen molar-refractivity contribution in [2.24, 2.45) is 10.9 Å². The van der Waals surface area contributed by atoms with Crippen molar-refractivity contribution >= 4 is 40.4 Å². The summed E-state index contributed by atoms with van der Waals surface area (Å²) in [5.74, 6) is 4.66. The SMILES string of the molecule is Cc1sc2c(c1C)C(c1ccc(OCC[C@H]3CCCN(c4ccc(C(=O)N[C@H]5CC[C@H](Oc6ccc(C#N)c(Cl)c6)CC5)nn4)C3)cc1)=N[C@@H](Cc1ncco1)c1nnc(C)n1-2. The summed E-state index contributed by atoms with van der Waals surface area (Å²) in [7, 11) is 0. The smallest absolute Gasteiger partial charge is 0.272 e. The number of carbonyl (C=O) groups excluding carboxylic acids is 1. The van der Waals surface area contributed by atoms with Crippen molar-refractivity contribution in [3.63, 3.8) is 0 Å². The summed E-state index contributed by atoms with van der Waals surface area (Å²) in [6.45, 7) is 8.62. The number of rotatable bonds is 12. The Morgan fingerprint density at radius 1 is 1.00 bits per heavy atom. The highest BCUT2D eigenvalue weighted by Gasteiger charge is 2.32. The quantitative estimate of drug-likeness (QED) is 0.125. The van der Waals surface area contributed by atoms with Gasteiger partial charge in [-0.15, -0.1) is 31.7 Å². The van der Waals surface area contributed by atoms with Crippen molar-refractivity contribution in [2.75, 3.05) is 24.6 Å². The van der Waals surface area contributed by atoms with Gasteiger partial charge in [0, 0.05) is 41.2 Å². The Kier molecular flexibility index (Phi) is 12.0.